The van der Waals surface area contributed by atoms with Gasteiger partial charge in [-0.2, -0.15) is 14.8 Å². The molecule has 4 rings (SSSR count). The number of rotatable bonds is 3. The Kier molecular flexibility index (Phi) is 5.58. The molecule has 8 nitrogen and oxygen atoms in total. The first-order valence-electron chi connectivity index (χ1n) is 10.4. The Morgan fingerprint density at radius 2 is 2.00 bits per heavy atom. The van der Waals surface area contributed by atoms with Gasteiger partial charge in [0.2, 0.25) is 5.89 Å². The standard InChI is InChI=1S/C22H26F2N6O2/c1-12-25-20(32-28-12)19(22(2,3)4)26-21(31)30-17-8-9-29(5)11-14(17)18(27-30)13-6-7-15(23)16(24)10-13/h6-7,10,19H,8-9,11H2,1-5H3,(H,26,31)/t19-/m1/s1. The molecule has 0 saturated carbocycles. The lowest BCUT2D eigenvalue weighted by atomic mass is 9.86. The van der Waals surface area contributed by atoms with Crippen LogP contribution in [-0.2, 0) is 13.0 Å². The highest BCUT2D eigenvalue weighted by atomic mass is 19.2. The minimum atomic E-state index is -0.959. The summed E-state index contributed by atoms with van der Waals surface area (Å²) in [7, 11) is 1.96. The van der Waals surface area contributed by atoms with E-state index in [1.807, 2.05) is 27.8 Å². The fourth-order valence-corrected chi connectivity index (χ4v) is 3.86. The second-order valence-corrected chi connectivity index (χ2v) is 9.23. The fraction of sp³-hybridized carbons (Fsp3) is 0.455. The molecule has 0 unspecified atom stereocenters. The second kappa shape index (κ2) is 8.09. The summed E-state index contributed by atoms with van der Waals surface area (Å²) < 4.78 is 34.0. The molecule has 10 heteroatoms. The van der Waals surface area contributed by atoms with Gasteiger partial charge in [0.1, 0.15) is 6.04 Å². The van der Waals surface area contributed by atoms with Crippen molar-refractivity contribution in [2.75, 3.05) is 13.6 Å². The lowest BCUT2D eigenvalue weighted by Gasteiger charge is -2.28. The molecule has 0 radical (unpaired) electrons. The Morgan fingerprint density at radius 3 is 2.62 bits per heavy atom. The number of aromatic nitrogens is 4. The molecule has 1 amide bonds. The van der Waals surface area contributed by atoms with Crippen molar-refractivity contribution in [2.45, 2.75) is 46.7 Å². The molecule has 1 aliphatic heterocycles. The number of fused-ring (bicyclic) bond motifs is 1. The summed E-state index contributed by atoms with van der Waals surface area (Å²) >= 11 is 0. The van der Waals surface area contributed by atoms with Crippen molar-refractivity contribution in [1.29, 1.82) is 0 Å². The molecule has 1 aromatic carbocycles. The van der Waals surface area contributed by atoms with Crippen molar-refractivity contribution < 1.29 is 18.1 Å². The predicted octanol–water partition coefficient (Wildman–Crippen LogP) is 3.85. The normalized spacial score (nSPS) is 15.5. The van der Waals surface area contributed by atoms with Crippen LogP contribution in [0.15, 0.2) is 22.7 Å². The number of hydrogen-bond donors (Lipinski definition) is 1. The van der Waals surface area contributed by atoms with Crippen LogP contribution in [0.5, 0.6) is 0 Å². The summed E-state index contributed by atoms with van der Waals surface area (Å²) in [6.45, 7) is 8.87. The van der Waals surface area contributed by atoms with Crippen molar-refractivity contribution >= 4 is 6.03 Å². The number of benzene rings is 1. The Hall–Kier alpha value is -3.14. The summed E-state index contributed by atoms with van der Waals surface area (Å²) in [6, 6.07) is 2.64. The minimum absolute atomic E-state index is 0.310. The molecule has 2 aromatic heterocycles. The average molecular weight is 444 g/mol. The summed E-state index contributed by atoms with van der Waals surface area (Å²) in [5, 5.41) is 11.3. The lowest BCUT2D eigenvalue weighted by molar-refractivity contribution is 0.194. The van der Waals surface area contributed by atoms with Gasteiger partial charge >= 0.3 is 6.03 Å². The topological polar surface area (TPSA) is 89.1 Å². The third-order valence-corrected chi connectivity index (χ3v) is 5.56. The number of likely N-dealkylation sites (N-methyl/N-ethyl adjacent to an activating group) is 1. The molecule has 0 fully saturated rings. The zero-order valence-corrected chi connectivity index (χ0v) is 18.7. The van der Waals surface area contributed by atoms with Gasteiger partial charge in [0.25, 0.3) is 0 Å². The summed E-state index contributed by atoms with van der Waals surface area (Å²) in [4.78, 5) is 19.7. The molecule has 0 saturated heterocycles. The van der Waals surface area contributed by atoms with E-state index in [4.69, 9.17) is 4.52 Å². The van der Waals surface area contributed by atoms with E-state index in [-0.39, 0.29) is 0 Å². The van der Waals surface area contributed by atoms with Crippen LogP contribution in [0.3, 0.4) is 0 Å². The van der Waals surface area contributed by atoms with Gasteiger partial charge in [0, 0.05) is 30.6 Å². The van der Waals surface area contributed by atoms with Crippen LogP contribution in [0, 0.1) is 24.0 Å². The van der Waals surface area contributed by atoms with Gasteiger partial charge in [-0.15, -0.1) is 0 Å². The minimum Gasteiger partial charge on any atom is -0.337 e. The second-order valence-electron chi connectivity index (χ2n) is 9.23. The summed E-state index contributed by atoms with van der Waals surface area (Å²) in [6.07, 6.45) is 0.593. The lowest BCUT2D eigenvalue weighted by Crippen LogP contribution is -2.40. The van der Waals surface area contributed by atoms with Gasteiger partial charge < -0.3 is 14.7 Å². The van der Waals surface area contributed by atoms with Gasteiger partial charge in [-0.3, -0.25) is 0 Å². The molecule has 0 spiro atoms. The maximum Gasteiger partial charge on any atom is 0.343 e. The first-order chi connectivity index (χ1) is 15.0. The van der Waals surface area contributed by atoms with E-state index in [0.717, 1.165) is 29.9 Å². The number of nitrogens with one attached hydrogen (secondary N) is 1. The molecular formula is C22H26F2N6O2. The smallest absolute Gasteiger partial charge is 0.337 e. The average Bonchev–Trinajstić information content (AvgIpc) is 3.30. The quantitative estimate of drug-likeness (QED) is 0.660. The first-order valence-corrected chi connectivity index (χ1v) is 10.4. The van der Waals surface area contributed by atoms with Crippen molar-refractivity contribution in [2.24, 2.45) is 5.41 Å². The zero-order valence-electron chi connectivity index (χ0n) is 18.7. The molecule has 1 atom stereocenters. The van der Waals surface area contributed by atoms with E-state index in [1.54, 1.807) is 6.92 Å². The Balaban J connectivity index is 1.74. The number of amides is 1. The van der Waals surface area contributed by atoms with Crippen LogP contribution >= 0.6 is 0 Å². The largest absolute Gasteiger partial charge is 0.343 e. The zero-order chi connectivity index (χ0) is 23.2. The van der Waals surface area contributed by atoms with E-state index in [9.17, 15) is 13.6 Å². The third-order valence-electron chi connectivity index (χ3n) is 5.56. The van der Waals surface area contributed by atoms with Gasteiger partial charge in [-0.25, -0.2) is 13.6 Å². The Bertz CT molecular complexity index is 1160. The molecule has 1 aliphatic rings. The number of carbonyl (C=O) groups excluding carboxylic acids is 1. The van der Waals surface area contributed by atoms with Crippen LogP contribution < -0.4 is 5.32 Å². The number of aryl methyl sites for hydroxylation is 1. The monoisotopic (exact) mass is 444 g/mol. The molecule has 3 aromatic rings. The number of carbonyl (C=O) groups is 1. The van der Waals surface area contributed by atoms with Gasteiger partial charge in [0.15, 0.2) is 17.5 Å². The van der Waals surface area contributed by atoms with Gasteiger partial charge in [-0.05, 0) is 37.6 Å². The van der Waals surface area contributed by atoms with E-state index < -0.39 is 29.1 Å². The SMILES string of the molecule is Cc1noc([C@@H](NC(=O)n2nc(-c3ccc(F)c(F)c3)c3c2CCN(C)C3)C(C)(C)C)n1. The maximum atomic E-state index is 13.9. The highest BCUT2D eigenvalue weighted by Gasteiger charge is 2.35. The number of hydrogen-bond acceptors (Lipinski definition) is 6. The predicted molar refractivity (Wildman–Crippen MR) is 113 cm³/mol. The van der Waals surface area contributed by atoms with Crippen molar-refractivity contribution in [3.05, 3.63) is 52.8 Å². The maximum absolute atomic E-state index is 13.9. The van der Waals surface area contributed by atoms with Crippen LogP contribution in [-0.4, -0.2) is 44.4 Å². The van der Waals surface area contributed by atoms with Crippen LogP contribution in [0.1, 0.15) is 49.8 Å². The van der Waals surface area contributed by atoms with Gasteiger partial charge in [-0.1, -0.05) is 25.9 Å². The number of halogens is 2. The van der Waals surface area contributed by atoms with Crippen LogP contribution in [0.25, 0.3) is 11.3 Å². The van der Waals surface area contributed by atoms with E-state index in [1.165, 1.54) is 10.7 Å². The molecule has 0 bridgehead atoms. The Morgan fingerprint density at radius 1 is 1.25 bits per heavy atom. The molecule has 170 valence electrons. The third kappa shape index (κ3) is 4.14. The van der Waals surface area contributed by atoms with E-state index >= 15 is 0 Å². The molecule has 32 heavy (non-hydrogen) atoms. The summed E-state index contributed by atoms with van der Waals surface area (Å²) in [5.41, 5.74) is 2.03. The highest BCUT2D eigenvalue weighted by molar-refractivity contribution is 5.79. The summed E-state index contributed by atoms with van der Waals surface area (Å²) in [5.74, 6) is -1.10. The first kappa shape index (κ1) is 22.1. The van der Waals surface area contributed by atoms with Crippen LogP contribution in [0.4, 0.5) is 13.6 Å². The van der Waals surface area contributed by atoms with Crippen LogP contribution in [0.2, 0.25) is 0 Å². The van der Waals surface area contributed by atoms with Crippen molar-refractivity contribution in [3.63, 3.8) is 0 Å². The van der Waals surface area contributed by atoms with Gasteiger partial charge in [0.05, 0.1) is 11.4 Å². The molecule has 3 heterocycles. The molecular weight excluding hydrogens is 418 g/mol. The fourth-order valence-electron chi connectivity index (χ4n) is 3.86. The van der Waals surface area contributed by atoms with Crippen molar-refractivity contribution in [3.8, 4) is 11.3 Å². The van der Waals surface area contributed by atoms with E-state index in [0.29, 0.717) is 35.9 Å². The van der Waals surface area contributed by atoms with Crippen molar-refractivity contribution in [1.82, 2.24) is 30.1 Å². The molecule has 1 N–H and O–H groups in total. The number of nitrogens with zero attached hydrogens (tertiary/aromatic N) is 5. The molecule has 0 aliphatic carbocycles. The Labute approximate surface area is 184 Å². The highest BCUT2D eigenvalue weighted by Crippen LogP contribution is 2.33. The van der Waals surface area contributed by atoms with E-state index in [2.05, 4.69) is 25.5 Å².